The lowest BCUT2D eigenvalue weighted by Crippen LogP contribution is -2.40. The Morgan fingerprint density at radius 2 is 1.18 bits per heavy atom. The van der Waals surface area contributed by atoms with Gasteiger partial charge in [-0.1, -0.05) is 127 Å². The van der Waals surface area contributed by atoms with Crippen LogP contribution in [0.2, 0.25) is 0 Å². The highest BCUT2D eigenvalue weighted by Gasteiger charge is 2.46. The monoisotopic (exact) mass is 452 g/mol. The summed E-state index contributed by atoms with van der Waals surface area (Å²) >= 11 is 0. The minimum Gasteiger partial charge on any atom is -0.289 e. The van der Waals surface area contributed by atoms with Gasteiger partial charge >= 0.3 is 0 Å². The van der Waals surface area contributed by atoms with Crippen LogP contribution in [0.3, 0.4) is 0 Å². The number of hydrogen-bond donors (Lipinski definition) is 0. The molecule has 4 rings (SSSR count). The van der Waals surface area contributed by atoms with Crippen molar-refractivity contribution in [3.8, 4) is 0 Å². The summed E-state index contributed by atoms with van der Waals surface area (Å²) < 4.78 is 0. The average molecular weight is 453 g/mol. The zero-order chi connectivity index (χ0) is 24.6. The van der Waals surface area contributed by atoms with Crippen LogP contribution < -0.4 is 0 Å². The number of rotatable bonds is 4. The first-order valence-electron chi connectivity index (χ1n) is 12.8. The molecule has 2 aromatic carbocycles. The fourth-order valence-electron chi connectivity index (χ4n) is 5.63. The Balaban J connectivity index is 1.83. The van der Waals surface area contributed by atoms with E-state index in [1.165, 1.54) is 11.1 Å². The second-order valence-electron chi connectivity index (χ2n) is 12.4. The molecule has 2 aliphatic rings. The van der Waals surface area contributed by atoms with E-state index in [0.29, 0.717) is 11.8 Å². The molecule has 0 fully saturated rings. The second kappa shape index (κ2) is 9.17. The van der Waals surface area contributed by atoms with E-state index in [9.17, 15) is 4.79 Å². The van der Waals surface area contributed by atoms with Crippen LogP contribution in [0.25, 0.3) is 0 Å². The van der Waals surface area contributed by atoms with Crippen molar-refractivity contribution in [2.75, 3.05) is 0 Å². The molecule has 0 saturated heterocycles. The molecule has 0 radical (unpaired) electrons. The van der Waals surface area contributed by atoms with Crippen LogP contribution in [-0.2, 0) is 17.6 Å². The molecule has 34 heavy (non-hydrogen) atoms. The molecule has 1 spiro atoms. The predicted molar refractivity (Wildman–Crippen MR) is 144 cm³/mol. The minimum absolute atomic E-state index is 0.164. The van der Waals surface area contributed by atoms with Crippen molar-refractivity contribution in [1.29, 1.82) is 0 Å². The van der Waals surface area contributed by atoms with Gasteiger partial charge in [0.05, 0.1) is 0 Å². The third-order valence-electron chi connectivity index (χ3n) is 7.49. The van der Waals surface area contributed by atoms with Gasteiger partial charge in [0.15, 0.2) is 5.78 Å². The molecule has 2 aliphatic carbocycles. The van der Waals surface area contributed by atoms with Crippen molar-refractivity contribution in [2.24, 2.45) is 28.1 Å². The molecule has 178 valence electrons. The second-order valence-corrected chi connectivity index (χ2v) is 12.4. The summed E-state index contributed by atoms with van der Waals surface area (Å²) in [5, 5.41) is 0. The zero-order valence-electron chi connectivity index (χ0n) is 21.8. The minimum atomic E-state index is -0.192. The Hall–Kier alpha value is -2.67. The van der Waals surface area contributed by atoms with Gasteiger partial charge in [-0.15, -0.1) is 0 Å². The summed E-state index contributed by atoms with van der Waals surface area (Å²) in [6.45, 7) is 13.1. The number of benzene rings is 2. The predicted octanol–water partition coefficient (Wildman–Crippen LogP) is 8.18. The van der Waals surface area contributed by atoms with E-state index in [0.717, 1.165) is 30.4 Å². The highest BCUT2D eigenvalue weighted by Crippen LogP contribution is 2.52. The molecule has 0 amide bonds. The van der Waals surface area contributed by atoms with Gasteiger partial charge in [0.25, 0.3) is 0 Å². The lowest BCUT2D eigenvalue weighted by Gasteiger charge is -2.46. The van der Waals surface area contributed by atoms with E-state index >= 15 is 0 Å². The lowest BCUT2D eigenvalue weighted by molar-refractivity contribution is -0.114. The van der Waals surface area contributed by atoms with Crippen LogP contribution in [-0.4, -0.2) is 5.78 Å². The van der Waals surface area contributed by atoms with Gasteiger partial charge in [0, 0.05) is 16.6 Å². The summed E-state index contributed by atoms with van der Waals surface area (Å²) in [5.41, 5.74) is 4.14. The molecular formula is C33H40O. The molecule has 0 aromatic heterocycles. The van der Waals surface area contributed by atoms with Crippen molar-refractivity contribution < 1.29 is 4.79 Å². The van der Waals surface area contributed by atoms with Gasteiger partial charge < -0.3 is 0 Å². The molecule has 2 atom stereocenters. The van der Waals surface area contributed by atoms with E-state index in [1.54, 1.807) is 0 Å². The van der Waals surface area contributed by atoms with Gasteiger partial charge in [-0.2, -0.15) is 0 Å². The number of allylic oxidation sites excluding steroid dienone is 6. The molecule has 1 nitrogen and oxygen atoms in total. The van der Waals surface area contributed by atoms with Crippen molar-refractivity contribution in [3.05, 3.63) is 107 Å². The molecular weight excluding hydrogens is 412 g/mol. The van der Waals surface area contributed by atoms with E-state index in [4.69, 9.17) is 0 Å². The molecule has 1 heteroatoms. The summed E-state index contributed by atoms with van der Waals surface area (Å²) in [4.78, 5) is 13.7. The zero-order valence-corrected chi connectivity index (χ0v) is 21.8. The van der Waals surface area contributed by atoms with Gasteiger partial charge in [-0.25, -0.2) is 0 Å². The van der Waals surface area contributed by atoms with Crippen LogP contribution in [0.5, 0.6) is 0 Å². The van der Waals surface area contributed by atoms with Crippen molar-refractivity contribution >= 4 is 5.78 Å². The maximum atomic E-state index is 13.7. The largest absolute Gasteiger partial charge is 0.289 e. The van der Waals surface area contributed by atoms with Crippen LogP contribution in [0, 0.1) is 28.1 Å². The highest BCUT2D eigenvalue weighted by atomic mass is 16.1. The lowest BCUT2D eigenvalue weighted by atomic mass is 9.57. The molecule has 0 N–H and O–H groups in total. The SMILES string of the molecule is CC(C)(C)C1=CC2(C=C(C(C)(C)C)C1=O)CC(Cc1ccccc1)C=CC2Cc1ccccc1. The quantitative estimate of drug-likeness (QED) is 0.427. The molecule has 0 aliphatic heterocycles. The van der Waals surface area contributed by atoms with Crippen molar-refractivity contribution in [1.82, 2.24) is 0 Å². The Kier molecular flexibility index (Phi) is 6.60. The number of Topliss-reactive ketones (excluding diaryl/α,β-unsaturated/α-hetero) is 1. The Labute approximate surface area is 206 Å². The van der Waals surface area contributed by atoms with Crippen molar-refractivity contribution in [2.45, 2.75) is 60.8 Å². The average Bonchev–Trinajstić information content (AvgIpc) is 2.77. The standard InChI is InChI=1S/C33H40O/c1-31(2,3)28-22-33(23-29(30(28)34)32(4,5)6)21-26(19-24-13-9-7-10-14-24)17-18-27(33)20-25-15-11-8-12-16-25/h7-18,22-23,26-27H,19-21H2,1-6H3. The third-order valence-corrected chi connectivity index (χ3v) is 7.49. The third kappa shape index (κ3) is 5.19. The smallest absolute Gasteiger partial charge is 0.185 e. The maximum absolute atomic E-state index is 13.7. The Morgan fingerprint density at radius 1 is 0.706 bits per heavy atom. The number of ketones is 1. The van der Waals surface area contributed by atoms with Gasteiger partial charge in [-0.05, 0) is 53.1 Å². The van der Waals surface area contributed by atoms with Crippen LogP contribution in [0.1, 0.15) is 59.1 Å². The summed E-state index contributed by atoms with van der Waals surface area (Å²) in [7, 11) is 0. The van der Waals surface area contributed by atoms with Crippen LogP contribution >= 0.6 is 0 Å². The van der Waals surface area contributed by atoms with Gasteiger partial charge in [-0.3, -0.25) is 4.79 Å². The fourth-order valence-corrected chi connectivity index (χ4v) is 5.63. The first-order valence-corrected chi connectivity index (χ1v) is 12.8. The Morgan fingerprint density at radius 3 is 1.65 bits per heavy atom. The molecule has 0 saturated carbocycles. The fraction of sp³-hybridized carbons (Fsp3) is 0.424. The molecule has 2 aromatic rings. The van der Waals surface area contributed by atoms with Crippen LogP contribution in [0.4, 0.5) is 0 Å². The van der Waals surface area contributed by atoms with E-state index in [1.807, 2.05) is 0 Å². The summed E-state index contributed by atoms with van der Waals surface area (Å²) in [6.07, 6.45) is 12.7. The van der Waals surface area contributed by atoms with Crippen molar-refractivity contribution in [3.63, 3.8) is 0 Å². The number of hydrogen-bond acceptors (Lipinski definition) is 1. The maximum Gasteiger partial charge on any atom is 0.185 e. The number of carbonyl (C=O) groups is 1. The van der Waals surface area contributed by atoms with Crippen LogP contribution in [0.15, 0.2) is 96.1 Å². The normalized spacial score (nSPS) is 22.5. The Bertz CT molecular complexity index is 1070. The summed E-state index contributed by atoms with van der Waals surface area (Å²) in [5.74, 6) is 1.00. The van der Waals surface area contributed by atoms with E-state index < -0.39 is 0 Å². The topological polar surface area (TPSA) is 17.1 Å². The molecule has 0 heterocycles. The first-order chi connectivity index (χ1) is 16.0. The molecule has 0 bridgehead atoms. The molecule has 2 unspecified atom stereocenters. The highest BCUT2D eigenvalue weighted by molar-refractivity contribution is 6.11. The number of carbonyl (C=O) groups excluding carboxylic acids is 1. The van der Waals surface area contributed by atoms with E-state index in [-0.39, 0.29) is 22.0 Å². The van der Waals surface area contributed by atoms with E-state index in [2.05, 4.69) is 127 Å². The first kappa shape index (κ1) is 24.5. The van der Waals surface area contributed by atoms with Gasteiger partial charge in [0.1, 0.15) is 0 Å². The summed E-state index contributed by atoms with van der Waals surface area (Å²) in [6, 6.07) is 21.6. The van der Waals surface area contributed by atoms with Gasteiger partial charge in [0.2, 0.25) is 0 Å².